The topological polar surface area (TPSA) is 111 Å². The minimum atomic E-state index is -0.895. The van der Waals surface area contributed by atoms with Crippen LogP contribution >= 0.6 is 0 Å². The summed E-state index contributed by atoms with van der Waals surface area (Å²) in [4.78, 5) is 24.0. The van der Waals surface area contributed by atoms with Crippen LogP contribution in [0.15, 0.2) is 47.6 Å². The van der Waals surface area contributed by atoms with Crippen LogP contribution in [0.5, 0.6) is 5.75 Å². The number of carboxylic acids is 1. The summed E-state index contributed by atoms with van der Waals surface area (Å²) in [6.45, 7) is 1.91. The molecule has 0 aliphatic carbocycles. The number of carbonyl (C=O) groups excluding carboxylic acids is 1. The van der Waals surface area contributed by atoms with Crippen molar-refractivity contribution in [3.8, 4) is 5.75 Å². The van der Waals surface area contributed by atoms with Gasteiger partial charge in [0.25, 0.3) is 5.91 Å². The lowest BCUT2D eigenvalue weighted by Crippen LogP contribution is -2.35. The third kappa shape index (κ3) is 6.14. The first kappa shape index (κ1) is 23.8. The van der Waals surface area contributed by atoms with E-state index in [1.807, 2.05) is 24.4 Å². The van der Waals surface area contributed by atoms with Gasteiger partial charge >= 0.3 is 5.97 Å². The Balaban J connectivity index is 1.39. The molecule has 0 bridgehead atoms. The summed E-state index contributed by atoms with van der Waals surface area (Å²) in [5, 5.41) is 28.0. The van der Waals surface area contributed by atoms with Crippen LogP contribution in [0.4, 0.5) is 5.69 Å². The molecule has 0 spiro atoms. The number of aliphatic hydroxyl groups excluding tert-OH is 1. The molecule has 2 aliphatic rings. The summed E-state index contributed by atoms with van der Waals surface area (Å²) in [6, 6.07) is 12.7. The van der Waals surface area contributed by atoms with Crippen molar-refractivity contribution >= 4 is 23.8 Å². The number of hydrogen-bond donors (Lipinski definition) is 3. The van der Waals surface area contributed by atoms with E-state index in [4.69, 9.17) is 4.74 Å². The highest BCUT2D eigenvalue weighted by Crippen LogP contribution is 2.35. The van der Waals surface area contributed by atoms with Crippen molar-refractivity contribution in [3.05, 3.63) is 59.2 Å². The summed E-state index contributed by atoms with van der Waals surface area (Å²) in [6.07, 6.45) is 5.97. The highest BCUT2D eigenvalue weighted by Gasteiger charge is 2.31. The molecule has 2 atom stereocenters. The Hall–Kier alpha value is -3.39. The van der Waals surface area contributed by atoms with Crippen molar-refractivity contribution in [2.75, 3.05) is 25.0 Å². The smallest absolute Gasteiger partial charge is 0.303 e. The number of anilines is 1. The van der Waals surface area contributed by atoms with E-state index in [-0.39, 0.29) is 31.0 Å². The van der Waals surface area contributed by atoms with Crippen molar-refractivity contribution in [3.63, 3.8) is 0 Å². The zero-order valence-electron chi connectivity index (χ0n) is 19.2. The van der Waals surface area contributed by atoms with Crippen LogP contribution in [-0.2, 0) is 11.2 Å². The van der Waals surface area contributed by atoms with Crippen LogP contribution in [0.1, 0.15) is 53.6 Å². The van der Waals surface area contributed by atoms with Gasteiger partial charge in [-0.15, -0.1) is 0 Å². The molecule has 0 aromatic heterocycles. The molecule has 34 heavy (non-hydrogen) atoms. The highest BCUT2D eigenvalue weighted by atomic mass is 16.5. The maximum atomic E-state index is 12.8. The summed E-state index contributed by atoms with van der Waals surface area (Å²) in [5.41, 5.74) is 2.95. The van der Waals surface area contributed by atoms with Crippen LogP contribution in [0, 0.1) is 5.92 Å². The van der Waals surface area contributed by atoms with Crippen molar-refractivity contribution in [2.24, 2.45) is 11.0 Å². The Labute approximate surface area is 199 Å². The Morgan fingerprint density at radius 2 is 1.88 bits per heavy atom. The Kier molecular flexibility index (Phi) is 7.80. The van der Waals surface area contributed by atoms with Gasteiger partial charge in [0.05, 0.1) is 12.6 Å². The molecule has 2 unspecified atom stereocenters. The van der Waals surface area contributed by atoms with E-state index >= 15 is 0 Å². The van der Waals surface area contributed by atoms with Gasteiger partial charge < -0.3 is 20.3 Å². The molecule has 8 nitrogen and oxygen atoms in total. The number of ether oxygens (including phenoxy) is 1. The highest BCUT2D eigenvalue weighted by molar-refractivity contribution is 6.04. The fourth-order valence-electron chi connectivity index (χ4n) is 4.52. The SMILES string of the molecule is O=C(O)CC1Cc2cc(NC(=O)c3ccc(C=NN4CCCCC4)cc3)ccc2OC1CCO. The van der Waals surface area contributed by atoms with E-state index in [0.29, 0.717) is 29.8 Å². The third-order valence-corrected chi connectivity index (χ3v) is 6.33. The van der Waals surface area contributed by atoms with Gasteiger partial charge in [-0.1, -0.05) is 12.1 Å². The molecular formula is C26H31N3O5. The van der Waals surface area contributed by atoms with Gasteiger partial charge in [-0.05, 0) is 67.1 Å². The fraction of sp³-hybridized carbons (Fsp3) is 0.423. The van der Waals surface area contributed by atoms with Crippen LogP contribution in [0.2, 0.25) is 0 Å². The number of hydrogen-bond acceptors (Lipinski definition) is 6. The van der Waals surface area contributed by atoms with E-state index in [2.05, 4.69) is 15.4 Å². The molecule has 8 heteroatoms. The van der Waals surface area contributed by atoms with E-state index < -0.39 is 5.97 Å². The number of fused-ring (bicyclic) bond motifs is 1. The minimum Gasteiger partial charge on any atom is -0.490 e. The molecular weight excluding hydrogens is 434 g/mol. The summed E-state index contributed by atoms with van der Waals surface area (Å²) >= 11 is 0. The lowest BCUT2D eigenvalue weighted by atomic mass is 9.86. The quantitative estimate of drug-likeness (QED) is 0.514. The van der Waals surface area contributed by atoms with Gasteiger partial charge in [0, 0.05) is 43.3 Å². The number of rotatable bonds is 8. The van der Waals surface area contributed by atoms with Crippen LogP contribution in [0.3, 0.4) is 0 Å². The molecule has 3 N–H and O–H groups in total. The van der Waals surface area contributed by atoms with Crippen molar-refractivity contribution in [1.29, 1.82) is 0 Å². The molecule has 2 heterocycles. The first-order chi connectivity index (χ1) is 16.5. The predicted octanol–water partition coefficient (Wildman–Crippen LogP) is 3.54. The normalized spacial score (nSPS) is 20.0. The number of aliphatic hydroxyl groups is 1. The van der Waals surface area contributed by atoms with Crippen molar-refractivity contribution in [2.45, 2.75) is 44.6 Å². The largest absolute Gasteiger partial charge is 0.490 e. The fourth-order valence-corrected chi connectivity index (χ4v) is 4.52. The number of piperidine rings is 1. The number of aliphatic carboxylic acids is 1. The Bertz CT molecular complexity index is 1030. The maximum absolute atomic E-state index is 12.8. The monoisotopic (exact) mass is 465 g/mol. The number of amides is 1. The van der Waals surface area contributed by atoms with Gasteiger partial charge in [-0.25, -0.2) is 0 Å². The summed E-state index contributed by atoms with van der Waals surface area (Å²) in [7, 11) is 0. The predicted molar refractivity (Wildman–Crippen MR) is 129 cm³/mol. The summed E-state index contributed by atoms with van der Waals surface area (Å²) < 4.78 is 5.96. The lowest BCUT2D eigenvalue weighted by Gasteiger charge is -2.33. The second-order valence-corrected chi connectivity index (χ2v) is 8.89. The average Bonchev–Trinajstić information content (AvgIpc) is 2.84. The molecule has 4 rings (SSSR count). The van der Waals surface area contributed by atoms with Crippen LogP contribution < -0.4 is 10.1 Å². The zero-order valence-corrected chi connectivity index (χ0v) is 19.2. The number of hydrazone groups is 1. The van der Waals surface area contributed by atoms with Gasteiger partial charge in [-0.2, -0.15) is 5.10 Å². The molecule has 1 saturated heterocycles. The first-order valence-electron chi connectivity index (χ1n) is 11.8. The van der Waals surface area contributed by atoms with E-state index in [1.165, 1.54) is 19.3 Å². The number of nitrogens with one attached hydrogen (secondary N) is 1. The molecule has 2 aliphatic heterocycles. The van der Waals surface area contributed by atoms with E-state index in [0.717, 1.165) is 24.2 Å². The Morgan fingerprint density at radius 1 is 1.12 bits per heavy atom. The van der Waals surface area contributed by atoms with Crippen LogP contribution in [-0.4, -0.2) is 59.1 Å². The zero-order chi connectivity index (χ0) is 23.9. The molecule has 0 radical (unpaired) electrons. The van der Waals surface area contributed by atoms with Crippen molar-refractivity contribution in [1.82, 2.24) is 5.01 Å². The number of carboxylic acid groups (broad SMARTS) is 1. The lowest BCUT2D eigenvalue weighted by molar-refractivity contribution is -0.139. The molecule has 2 aromatic rings. The van der Waals surface area contributed by atoms with Crippen LogP contribution in [0.25, 0.3) is 0 Å². The van der Waals surface area contributed by atoms with Gasteiger partial charge in [0.1, 0.15) is 11.9 Å². The van der Waals surface area contributed by atoms with E-state index in [1.54, 1.807) is 24.3 Å². The standard InChI is InChI=1S/C26H31N3O5/c30-13-10-24-21(16-25(31)32)14-20-15-22(8-9-23(20)34-24)28-26(33)19-6-4-18(5-7-19)17-27-29-11-2-1-3-12-29/h4-9,15,17,21,24,30H,1-3,10-14,16H2,(H,28,33)(H,31,32). The van der Waals surface area contributed by atoms with Gasteiger partial charge in [0.15, 0.2) is 0 Å². The molecule has 1 amide bonds. The van der Waals surface area contributed by atoms with Gasteiger partial charge in [-0.3, -0.25) is 14.6 Å². The average molecular weight is 466 g/mol. The molecule has 1 fully saturated rings. The first-order valence-corrected chi connectivity index (χ1v) is 11.8. The third-order valence-electron chi connectivity index (χ3n) is 6.33. The number of carbonyl (C=O) groups is 2. The number of nitrogens with zero attached hydrogens (tertiary/aromatic N) is 2. The van der Waals surface area contributed by atoms with Crippen molar-refractivity contribution < 1.29 is 24.5 Å². The maximum Gasteiger partial charge on any atom is 0.303 e. The molecule has 180 valence electrons. The molecule has 2 aromatic carbocycles. The molecule has 0 saturated carbocycles. The number of benzene rings is 2. The summed E-state index contributed by atoms with van der Waals surface area (Å²) in [5.74, 6) is -0.692. The van der Waals surface area contributed by atoms with Gasteiger partial charge in [0.2, 0.25) is 0 Å². The second kappa shape index (κ2) is 11.2. The Morgan fingerprint density at radius 3 is 2.59 bits per heavy atom. The second-order valence-electron chi connectivity index (χ2n) is 8.89. The minimum absolute atomic E-state index is 0.0336. The van der Waals surface area contributed by atoms with E-state index in [9.17, 15) is 19.8 Å².